The topological polar surface area (TPSA) is 71.1 Å². The SMILES string of the molecule is CCOP(=O)(OCC)C(c1cc(Br)c(C)cc1Br)P(=O)(OCC)OCC. The van der Waals surface area contributed by atoms with Crippen LogP contribution >= 0.6 is 47.1 Å². The van der Waals surface area contributed by atoms with E-state index in [1.165, 1.54) is 0 Å². The number of halogens is 2. The van der Waals surface area contributed by atoms with Crippen molar-refractivity contribution in [2.75, 3.05) is 26.4 Å². The van der Waals surface area contributed by atoms with Crippen LogP contribution in [-0.2, 0) is 27.2 Å². The summed E-state index contributed by atoms with van der Waals surface area (Å²) in [4.78, 5) is 0. The van der Waals surface area contributed by atoms with Crippen LogP contribution in [0.1, 0.15) is 44.2 Å². The fourth-order valence-corrected chi connectivity index (χ4v) is 9.30. The van der Waals surface area contributed by atoms with Gasteiger partial charge in [0.1, 0.15) is 0 Å². The Morgan fingerprint density at radius 1 is 0.808 bits per heavy atom. The summed E-state index contributed by atoms with van der Waals surface area (Å²) in [5.74, 6) is 0. The summed E-state index contributed by atoms with van der Waals surface area (Å²) in [7, 11) is -7.72. The normalized spacial score (nSPS) is 12.8. The zero-order valence-corrected chi connectivity index (χ0v) is 20.6. The third-order valence-electron chi connectivity index (χ3n) is 3.39. The molecule has 26 heavy (non-hydrogen) atoms. The van der Waals surface area contributed by atoms with Crippen molar-refractivity contribution in [2.24, 2.45) is 0 Å². The monoisotopic (exact) mass is 534 g/mol. The van der Waals surface area contributed by atoms with Crippen LogP contribution in [0, 0.1) is 6.92 Å². The number of rotatable bonds is 11. The first-order chi connectivity index (χ1) is 12.2. The van der Waals surface area contributed by atoms with E-state index in [4.69, 9.17) is 18.1 Å². The summed E-state index contributed by atoms with van der Waals surface area (Å²) in [6.45, 7) is 9.28. The van der Waals surface area contributed by atoms with Crippen molar-refractivity contribution in [2.45, 2.75) is 40.0 Å². The van der Waals surface area contributed by atoms with Gasteiger partial charge >= 0.3 is 15.2 Å². The van der Waals surface area contributed by atoms with Gasteiger partial charge in [0.25, 0.3) is 0 Å². The predicted octanol–water partition coefficient (Wildman–Crippen LogP) is 7.05. The van der Waals surface area contributed by atoms with E-state index < -0.39 is 20.6 Å². The number of aryl methyl sites for hydroxylation is 1. The minimum absolute atomic E-state index is 0.136. The van der Waals surface area contributed by atoms with Gasteiger partial charge in [-0.25, -0.2) is 0 Å². The first-order valence-corrected chi connectivity index (χ1v) is 13.2. The molecule has 6 nitrogen and oxygen atoms in total. The van der Waals surface area contributed by atoms with Crippen molar-refractivity contribution < 1.29 is 27.2 Å². The maximum absolute atomic E-state index is 13.6. The smallest absolute Gasteiger partial charge is 0.308 e. The highest BCUT2D eigenvalue weighted by Gasteiger charge is 2.52. The molecule has 150 valence electrons. The van der Waals surface area contributed by atoms with Gasteiger partial charge in [-0.2, -0.15) is 0 Å². The molecule has 1 rings (SSSR count). The molecule has 0 unspecified atom stereocenters. The molecule has 0 bridgehead atoms. The average molecular weight is 536 g/mol. The molecule has 1 aromatic carbocycles. The molecule has 0 aliphatic rings. The van der Waals surface area contributed by atoms with Crippen LogP contribution in [0.2, 0.25) is 0 Å². The molecular weight excluding hydrogens is 510 g/mol. The Morgan fingerprint density at radius 2 is 1.19 bits per heavy atom. The maximum Gasteiger partial charge on any atom is 0.350 e. The molecule has 1 aromatic rings. The van der Waals surface area contributed by atoms with E-state index >= 15 is 0 Å². The highest BCUT2D eigenvalue weighted by Crippen LogP contribution is 2.79. The van der Waals surface area contributed by atoms with Gasteiger partial charge in [-0.15, -0.1) is 0 Å². The second-order valence-electron chi connectivity index (χ2n) is 5.25. The van der Waals surface area contributed by atoms with Crippen LogP contribution < -0.4 is 0 Å². The fraction of sp³-hybridized carbons (Fsp3) is 0.625. The lowest BCUT2D eigenvalue weighted by Crippen LogP contribution is -2.12. The Kier molecular flexibility index (Phi) is 10.3. The Morgan fingerprint density at radius 3 is 1.54 bits per heavy atom. The minimum atomic E-state index is -3.86. The van der Waals surface area contributed by atoms with Crippen LogP contribution in [0.4, 0.5) is 0 Å². The van der Waals surface area contributed by atoms with Crippen molar-refractivity contribution in [3.05, 3.63) is 32.2 Å². The Bertz CT molecular complexity index is 648. The van der Waals surface area contributed by atoms with Gasteiger partial charge in [0, 0.05) is 8.95 Å². The quantitative estimate of drug-likeness (QED) is 0.283. The molecule has 0 aliphatic heterocycles. The van der Waals surface area contributed by atoms with Gasteiger partial charge in [-0.05, 0) is 57.9 Å². The van der Waals surface area contributed by atoms with E-state index in [1.807, 2.05) is 13.0 Å². The molecule has 0 aliphatic carbocycles. The number of benzene rings is 1. The van der Waals surface area contributed by atoms with Crippen molar-refractivity contribution in [1.82, 2.24) is 0 Å². The molecule has 0 radical (unpaired) electrons. The Hall–Kier alpha value is 0.480. The zero-order chi connectivity index (χ0) is 20.0. The van der Waals surface area contributed by atoms with E-state index in [1.54, 1.807) is 33.8 Å². The molecule has 0 heterocycles. The molecule has 0 fully saturated rings. The fourth-order valence-electron chi connectivity index (χ4n) is 2.45. The predicted molar refractivity (Wildman–Crippen MR) is 111 cm³/mol. The lowest BCUT2D eigenvalue weighted by Gasteiger charge is -2.32. The third-order valence-corrected chi connectivity index (χ3v) is 10.9. The van der Waals surface area contributed by atoms with Gasteiger partial charge in [-0.3, -0.25) is 9.13 Å². The molecule has 0 spiro atoms. The van der Waals surface area contributed by atoms with E-state index in [0.717, 1.165) is 10.0 Å². The molecule has 0 aromatic heterocycles. The molecule has 0 saturated heterocycles. The van der Waals surface area contributed by atoms with Crippen LogP contribution in [0.3, 0.4) is 0 Å². The summed E-state index contributed by atoms with van der Waals surface area (Å²) in [6.07, 6.45) is 0. The van der Waals surface area contributed by atoms with Crippen molar-refractivity contribution in [3.63, 3.8) is 0 Å². The van der Waals surface area contributed by atoms with Gasteiger partial charge in [0.05, 0.1) is 26.4 Å². The van der Waals surface area contributed by atoms with Crippen LogP contribution in [0.25, 0.3) is 0 Å². The summed E-state index contributed by atoms with van der Waals surface area (Å²) in [5, 5.41) is -1.21. The maximum atomic E-state index is 13.6. The van der Waals surface area contributed by atoms with Crippen LogP contribution in [0.5, 0.6) is 0 Å². The van der Waals surface area contributed by atoms with Crippen molar-refractivity contribution in [1.29, 1.82) is 0 Å². The van der Waals surface area contributed by atoms with Crippen molar-refractivity contribution in [3.8, 4) is 0 Å². The van der Waals surface area contributed by atoms with E-state index in [2.05, 4.69) is 31.9 Å². The van der Waals surface area contributed by atoms with Gasteiger partial charge in [0.15, 0.2) is 5.40 Å². The first-order valence-electron chi connectivity index (χ1n) is 8.42. The zero-order valence-electron chi connectivity index (χ0n) is 15.7. The van der Waals surface area contributed by atoms with E-state index in [9.17, 15) is 9.13 Å². The molecule has 0 N–H and O–H groups in total. The molecule has 10 heteroatoms. The molecule has 0 saturated carbocycles. The first kappa shape index (κ1) is 24.5. The van der Waals surface area contributed by atoms with Crippen LogP contribution in [-0.4, -0.2) is 26.4 Å². The second kappa shape index (κ2) is 10.9. The Labute approximate surface area is 172 Å². The summed E-state index contributed by atoms with van der Waals surface area (Å²) >= 11 is 6.96. The lowest BCUT2D eigenvalue weighted by atomic mass is 10.2. The summed E-state index contributed by atoms with van der Waals surface area (Å²) in [5.41, 5.74) is 1.45. The standard InChI is InChI=1S/C16H26Br2O6P2/c1-6-21-25(19,22-7-2)16(26(20,23-8-3)24-9-4)13-11-14(17)12(5)10-15(13)18/h10-11,16H,6-9H2,1-5H3. The average Bonchev–Trinajstić information content (AvgIpc) is 2.53. The minimum Gasteiger partial charge on any atom is -0.308 e. The van der Waals surface area contributed by atoms with Crippen molar-refractivity contribution >= 4 is 47.1 Å². The third kappa shape index (κ3) is 5.74. The number of hydrogen-bond donors (Lipinski definition) is 0. The van der Waals surface area contributed by atoms with Gasteiger partial charge < -0.3 is 18.1 Å². The highest BCUT2D eigenvalue weighted by atomic mass is 79.9. The van der Waals surface area contributed by atoms with Gasteiger partial charge in [-0.1, -0.05) is 31.9 Å². The molecular formula is C16H26Br2O6P2. The Balaban J connectivity index is 3.74. The van der Waals surface area contributed by atoms with E-state index in [-0.39, 0.29) is 26.4 Å². The molecule has 0 amide bonds. The highest BCUT2D eigenvalue weighted by molar-refractivity contribution is 9.11. The summed E-state index contributed by atoms with van der Waals surface area (Å²) < 4.78 is 50.8. The van der Waals surface area contributed by atoms with Crippen LogP contribution in [0.15, 0.2) is 21.1 Å². The lowest BCUT2D eigenvalue weighted by molar-refractivity contribution is 0.195. The number of hydrogen-bond acceptors (Lipinski definition) is 6. The van der Waals surface area contributed by atoms with Gasteiger partial charge in [0.2, 0.25) is 0 Å². The largest absolute Gasteiger partial charge is 0.350 e. The summed E-state index contributed by atoms with van der Waals surface area (Å²) in [6, 6.07) is 3.59. The molecule has 0 atom stereocenters. The van der Waals surface area contributed by atoms with E-state index in [0.29, 0.717) is 10.0 Å². The second-order valence-corrected chi connectivity index (χ2v) is 11.6.